The van der Waals surface area contributed by atoms with E-state index in [2.05, 4.69) is 69.9 Å². The molecule has 158 valence electrons. The molecule has 6 heteroatoms. The van der Waals surface area contributed by atoms with Gasteiger partial charge in [-0.3, -0.25) is 9.47 Å². The van der Waals surface area contributed by atoms with Crippen LogP contribution in [0.5, 0.6) is 0 Å². The van der Waals surface area contributed by atoms with Gasteiger partial charge in [-0.2, -0.15) is 5.10 Å². The number of para-hydroxylation sites is 1. The average molecular weight is 422 g/mol. The Morgan fingerprint density at radius 3 is 2.43 bits per heavy atom. The van der Waals surface area contributed by atoms with Gasteiger partial charge in [-0.15, -0.1) is 0 Å². The zero-order valence-corrected chi connectivity index (χ0v) is 18.8. The van der Waals surface area contributed by atoms with Crippen LogP contribution < -0.4 is 4.90 Å². The van der Waals surface area contributed by atoms with Crippen molar-refractivity contribution in [3.63, 3.8) is 0 Å². The number of aromatic nitrogens is 3. The molecule has 0 radical (unpaired) electrons. The van der Waals surface area contributed by atoms with Gasteiger partial charge < -0.3 is 4.90 Å². The zero-order chi connectivity index (χ0) is 20.9. The van der Waals surface area contributed by atoms with Crippen molar-refractivity contribution < 1.29 is 0 Å². The third-order valence-electron chi connectivity index (χ3n) is 5.80. The van der Waals surface area contributed by atoms with Gasteiger partial charge in [0.05, 0.1) is 13.2 Å². The van der Waals surface area contributed by atoms with Gasteiger partial charge in [0.25, 0.3) is 0 Å². The first-order chi connectivity index (χ1) is 14.6. The lowest BCUT2D eigenvalue weighted by Gasteiger charge is -2.31. The van der Waals surface area contributed by atoms with Crippen LogP contribution >= 0.6 is 12.2 Å². The lowest BCUT2D eigenvalue weighted by atomic mass is 10.1. The largest absolute Gasteiger partial charge is 0.371 e. The van der Waals surface area contributed by atoms with E-state index in [9.17, 15) is 0 Å². The van der Waals surface area contributed by atoms with Gasteiger partial charge in [-0.25, -0.2) is 4.68 Å². The molecule has 1 aliphatic heterocycles. The second kappa shape index (κ2) is 9.58. The van der Waals surface area contributed by atoms with E-state index in [1.807, 2.05) is 17.7 Å². The van der Waals surface area contributed by atoms with Crippen molar-refractivity contribution in [1.82, 2.24) is 19.2 Å². The normalized spacial score (nSPS) is 14.4. The molecule has 5 nitrogen and oxygen atoms in total. The minimum absolute atomic E-state index is 0.676. The molecule has 0 bridgehead atoms. The number of benzene rings is 2. The van der Waals surface area contributed by atoms with Crippen molar-refractivity contribution in [3.05, 3.63) is 76.3 Å². The van der Waals surface area contributed by atoms with Crippen LogP contribution in [0.25, 0.3) is 0 Å². The maximum absolute atomic E-state index is 5.75. The molecule has 0 atom stereocenters. The van der Waals surface area contributed by atoms with Crippen molar-refractivity contribution in [2.24, 2.45) is 0 Å². The van der Waals surface area contributed by atoms with E-state index in [0.717, 1.165) is 36.8 Å². The Morgan fingerprint density at radius 2 is 1.67 bits per heavy atom. The summed E-state index contributed by atoms with van der Waals surface area (Å²) >= 11 is 5.75. The molecule has 4 rings (SSSR count). The fraction of sp³-hybridized carbons (Fsp3) is 0.417. The van der Waals surface area contributed by atoms with Crippen LogP contribution in [0.15, 0.2) is 54.6 Å². The molecule has 0 amide bonds. The smallest absolute Gasteiger partial charge is 0.199 e. The van der Waals surface area contributed by atoms with Crippen molar-refractivity contribution in [3.8, 4) is 0 Å². The summed E-state index contributed by atoms with van der Waals surface area (Å²) in [5.41, 5.74) is 3.98. The first-order valence-corrected chi connectivity index (χ1v) is 11.2. The minimum Gasteiger partial charge on any atom is -0.371 e. The monoisotopic (exact) mass is 421 g/mol. The molecular weight excluding hydrogens is 390 g/mol. The van der Waals surface area contributed by atoms with Gasteiger partial charge in [0.15, 0.2) is 4.77 Å². The first kappa shape index (κ1) is 20.8. The summed E-state index contributed by atoms with van der Waals surface area (Å²) in [6, 6.07) is 19.2. The van der Waals surface area contributed by atoms with E-state index in [4.69, 9.17) is 17.3 Å². The molecule has 30 heavy (non-hydrogen) atoms. The van der Waals surface area contributed by atoms with E-state index < -0.39 is 0 Å². The second-order valence-corrected chi connectivity index (χ2v) is 8.60. The lowest BCUT2D eigenvalue weighted by molar-refractivity contribution is 0.243. The molecule has 0 spiro atoms. The molecule has 1 saturated heterocycles. The minimum atomic E-state index is 0.676. The highest BCUT2D eigenvalue weighted by Gasteiger charge is 2.16. The highest BCUT2D eigenvalue weighted by molar-refractivity contribution is 7.71. The molecule has 3 aromatic rings. The van der Waals surface area contributed by atoms with Crippen LogP contribution in [-0.2, 0) is 19.8 Å². The highest BCUT2D eigenvalue weighted by atomic mass is 32.1. The fourth-order valence-corrected chi connectivity index (χ4v) is 4.54. The van der Waals surface area contributed by atoms with Crippen LogP contribution in [0.2, 0.25) is 0 Å². The van der Waals surface area contributed by atoms with Gasteiger partial charge in [-0.1, -0.05) is 48.5 Å². The Balaban J connectivity index is 1.47. The molecule has 0 unspecified atom stereocenters. The van der Waals surface area contributed by atoms with Gasteiger partial charge in [0.1, 0.15) is 5.82 Å². The predicted molar refractivity (Wildman–Crippen MR) is 125 cm³/mol. The van der Waals surface area contributed by atoms with Crippen molar-refractivity contribution in [2.45, 2.75) is 45.9 Å². The highest BCUT2D eigenvalue weighted by Crippen LogP contribution is 2.25. The van der Waals surface area contributed by atoms with Crippen molar-refractivity contribution in [1.29, 1.82) is 0 Å². The van der Waals surface area contributed by atoms with E-state index in [1.165, 1.54) is 36.1 Å². The SMILES string of the molecule is Cc1nn(CN(C)Cc2ccccc2N2CCCCC2)c(=S)n1Cc1ccccc1. The summed E-state index contributed by atoms with van der Waals surface area (Å²) in [5, 5.41) is 4.72. The van der Waals surface area contributed by atoms with Crippen LogP contribution in [0.3, 0.4) is 0 Å². The summed E-state index contributed by atoms with van der Waals surface area (Å²) < 4.78 is 4.82. The summed E-state index contributed by atoms with van der Waals surface area (Å²) in [6.07, 6.45) is 3.93. The molecule has 1 aliphatic rings. The molecule has 0 saturated carbocycles. The van der Waals surface area contributed by atoms with Crippen LogP contribution in [-0.4, -0.2) is 39.4 Å². The molecular formula is C24H31N5S. The summed E-state index contributed by atoms with van der Waals surface area (Å²) in [5.74, 6) is 0.950. The summed E-state index contributed by atoms with van der Waals surface area (Å²) in [4.78, 5) is 4.83. The number of hydrogen-bond acceptors (Lipinski definition) is 4. The van der Waals surface area contributed by atoms with Gasteiger partial charge in [0.2, 0.25) is 0 Å². The van der Waals surface area contributed by atoms with Crippen LogP contribution in [0, 0.1) is 11.7 Å². The van der Waals surface area contributed by atoms with E-state index in [0.29, 0.717) is 6.67 Å². The summed E-state index contributed by atoms with van der Waals surface area (Å²) in [7, 11) is 2.14. The maximum Gasteiger partial charge on any atom is 0.199 e. The molecule has 2 aromatic carbocycles. The Kier molecular flexibility index (Phi) is 6.65. The Hall–Kier alpha value is -2.44. The van der Waals surface area contributed by atoms with E-state index >= 15 is 0 Å². The standard InChI is InChI=1S/C24H31N5S/c1-20-25-29(24(30)28(20)17-21-11-5-3-6-12-21)19-26(2)18-22-13-7-8-14-23(22)27-15-9-4-10-16-27/h3,5-8,11-14H,4,9-10,15-19H2,1-2H3. The Morgan fingerprint density at radius 1 is 0.967 bits per heavy atom. The second-order valence-electron chi connectivity index (χ2n) is 8.23. The van der Waals surface area contributed by atoms with Crippen LogP contribution in [0.4, 0.5) is 5.69 Å². The number of rotatable bonds is 7. The Labute approximate surface area is 184 Å². The molecule has 1 aromatic heterocycles. The quantitative estimate of drug-likeness (QED) is 0.510. The molecule has 0 aliphatic carbocycles. The molecule has 1 fully saturated rings. The third-order valence-corrected chi connectivity index (χ3v) is 6.23. The summed E-state index contributed by atoms with van der Waals surface area (Å²) in [6.45, 7) is 6.66. The topological polar surface area (TPSA) is 29.2 Å². The molecule has 2 heterocycles. The maximum atomic E-state index is 5.75. The predicted octanol–water partition coefficient (Wildman–Crippen LogP) is 4.85. The number of aryl methyl sites for hydroxylation is 1. The average Bonchev–Trinajstić information content (AvgIpc) is 3.03. The lowest BCUT2D eigenvalue weighted by Crippen LogP contribution is -2.31. The third kappa shape index (κ3) is 4.82. The zero-order valence-electron chi connectivity index (χ0n) is 18.0. The first-order valence-electron chi connectivity index (χ1n) is 10.8. The fourth-order valence-electron chi connectivity index (χ4n) is 4.25. The van der Waals surface area contributed by atoms with Crippen molar-refractivity contribution in [2.75, 3.05) is 25.0 Å². The molecule has 0 N–H and O–H groups in total. The van der Waals surface area contributed by atoms with Gasteiger partial charge >= 0.3 is 0 Å². The van der Waals surface area contributed by atoms with E-state index in [1.54, 1.807) is 0 Å². The Bertz CT molecular complexity index is 1020. The van der Waals surface area contributed by atoms with Crippen molar-refractivity contribution >= 4 is 17.9 Å². The van der Waals surface area contributed by atoms with Crippen LogP contribution in [0.1, 0.15) is 36.2 Å². The van der Waals surface area contributed by atoms with E-state index in [-0.39, 0.29) is 0 Å². The number of nitrogens with zero attached hydrogens (tertiary/aromatic N) is 5. The number of piperidine rings is 1. The number of hydrogen-bond donors (Lipinski definition) is 0. The van der Waals surface area contributed by atoms with Gasteiger partial charge in [-0.05, 0) is 62.6 Å². The van der Waals surface area contributed by atoms with Gasteiger partial charge in [0, 0.05) is 25.3 Å². The number of anilines is 1.